The van der Waals surface area contributed by atoms with Crippen LogP contribution in [0.5, 0.6) is 0 Å². The van der Waals surface area contributed by atoms with Gasteiger partial charge in [-0.05, 0) is 39.7 Å². The normalized spacial score (nSPS) is 33.0. The Morgan fingerprint density at radius 1 is 1.21 bits per heavy atom. The lowest BCUT2D eigenvalue weighted by Crippen LogP contribution is -2.51. The van der Waals surface area contributed by atoms with Crippen molar-refractivity contribution < 1.29 is 4.74 Å². The number of likely N-dealkylation sites (N-methyl/N-ethyl adjacent to an activating group) is 1. The summed E-state index contributed by atoms with van der Waals surface area (Å²) < 4.78 is 5.95. The molecule has 3 heterocycles. The molecule has 0 aromatic heterocycles. The van der Waals surface area contributed by atoms with Crippen LogP contribution >= 0.6 is 0 Å². The van der Waals surface area contributed by atoms with Crippen LogP contribution in [0.4, 0.5) is 0 Å². The van der Waals surface area contributed by atoms with Crippen LogP contribution < -0.4 is 10.6 Å². The summed E-state index contributed by atoms with van der Waals surface area (Å²) in [5.41, 5.74) is 0. The molecular formula is C18H35N5O. The largest absolute Gasteiger partial charge is 0.373 e. The van der Waals surface area contributed by atoms with E-state index in [2.05, 4.69) is 41.2 Å². The lowest BCUT2D eigenvalue weighted by molar-refractivity contribution is 0.0991. The van der Waals surface area contributed by atoms with Crippen LogP contribution in [0.1, 0.15) is 40.0 Å². The molecule has 4 atom stereocenters. The molecule has 6 nitrogen and oxygen atoms in total. The lowest BCUT2D eigenvalue weighted by Gasteiger charge is -2.37. The summed E-state index contributed by atoms with van der Waals surface area (Å²) in [6.07, 6.45) is 4.42. The van der Waals surface area contributed by atoms with Crippen molar-refractivity contribution in [1.82, 2.24) is 20.4 Å². The molecule has 3 saturated heterocycles. The molecule has 6 heteroatoms. The maximum absolute atomic E-state index is 5.95. The van der Waals surface area contributed by atoms with Crippen molar-refractivity contribution in [3.63, 3.8) is 0 Å². The van der Waals surface area contributed by atoms with Gasteiger partial charge in [0.25, 0.3) is 0 Å². The van der Waals surface area contributed by atoms with E-state index in [9.17, 15) is 0 Å². The number of hydrogen-bond acceptors (Lipinski definition) is 4. The van der Waals surface area contributed by atoms with Crippen LogP contribution in [0, 0.1) is 0 Å². The van der Waals surface area contributed by atoms with Crippen LogP contribution in [0.3, 0.4) is 0 Å². The molecule has 0 spiro atoms. The highest BCUT2D eigenvalue weighted by atomic mass is 16.5. The van der Waals surface area contributed by atoms with Gasteiger partial charge >= 0.3 is 0 Å². The number of nitrogens with zero attached hydrogens (tertiary/aromatic N) is 3. The molecule has 4 unspecified atom stereocenters. The minimum atomic E-state index is 0.387. The zero-order valence-corrected chi connectivity index (χ0v) is 15.6. The van der Waals surface area contributed by atoms with E-state index in [1.165, 1.54) is 32.5 Å². The third kappa shape index (κ3) is 4.41. The number of ether oxygens (including phenoxy) is 1. The highest BCUT2D eigenvalue weighted by molar-refractivity contribution is 5.80. The van der Waals surface area contributed by atoms with Gasteiger partial charge in [-0.1, -0.05) is 6.92 Å². The zero-order valence-electron chi connectivity index (χ0n) is 15.6. The van der Waals surface area contributed by atoms with Crippen LogP contribution in [0.15, 0.2) is 4.99 Å². The smallest absolute Gasteiger partial charge is 0.191 e. The maximum atomic E-state index is 5.95. The molecule has 0 amide bonds. The topological polar surface area (TPSA) is 52.1 Å². The number of piperazine rings is 1. The number of hydrogen-bond donors (Lipinski definition) is 2. The summed E-state index contributed by atoms with van der Waals surface area (Å²) in [7, 11) is 0. The van der Waals surface area contributed by atoms with Gasteiger partial charge in [0.15, 0.2) is 5.96 Å². The molecule has 3 aliphatic heterocycles. The van der Waals surface area contributed by atoms with Gasteiger partial charge < -0.3 is 20.3 Å². The summed E-state index contributed by atoms with van der Waals surface area (Å²) in [5.74, 6) is 0.956. The Kier molecular flexibility index (Phi) is 6.36. The maximum Gasteiger partial charge on any atom is 0.191 e. The summed E-state index contributed by atoms with van der Waals surface area (Å²) in [6.45, 7) is 14.3. The molecule has 138 valence electrons. The fourth-order valence-corrected chi connectivity index (χ4v) is 4.14. The molecule has 0 aliphatic carbocycles. The van der Waals surface area contributed by atoms with E-state index >= 15 is 0 Å². The van der Waals surface area contributed by atoms with Gasteiger partial charge in [-0.2, -0.15) is 0 Å². The zero-order chi connectivity index (χ0) is 16.9. The molecule has 2 N–H and O–H groups in total. The predicted molar refractivity (Wildman–Crippen MR) is 98.6 cm³/mol. The van der Waals surface area contributed by atoms with Crippen molar-refractivity contribution in [2.24, 2.45) is 4.99 Å². The summed E-state index contributed by atoms with van der Waals surface area (Å²) in [4.78, 5) is 9.95. The van der Waals surface area contributed by atoms with Crippen LogP contribution in [0.2, 0.25) is 0 Å². The number of aliphatic imine (C=N–C) groups is 1. The molecule has 0 saturated carbocycles. The fourth-order valence-electron chi connectivity index (χ4n) is 4.14. The van der Waals surface area contributed by atoms with E-state index in [-0.39, 0.29) is 0 Å². The standard InChI is InChI=1S/C18H35N5O/c1-4-19-18(21-16-12-15-6-7-17(16)24-15)20-13-14(3)23-10-8-22(5-2)9-11-23/h14-17H,4-13H2,1-3H3,(H2,19,20,21). The number of fused-ring (bicyclic) bond motifs is 2. The molecule has 24 heavy (non-hydrogen) atoms. The molecule has 3 aliphatic rings. The second-order valence-corrected chi connectivity index (χ2v) is 7.40. The van der Waals surface area contributed by atoms with E-state index in [1.54, 1.807) is 0 Å². The Balaban J connectivity index is 1.48. The Labute approximate surface area is 147 Å². The first-order chi connectivity index (χ1) is 11.7. The van der Waals surface area contributed by atoms with Gasteiger partial charge in [0.1, 0.15) is 0 Å². The van der Waals surface area contributed by atoms with E-state index in [0.29, 0.717) is 24.3 Å². The number of guanidine groups is 1. The van der Waals surface area contributed by atoms with Crippen molar-refractivity contribution in [3.8, 4) is 0 Å². The summed E-state index contributed by atoms with van der Waals surface area (Å²) >= 11 is 0. The third-order valence-electron chi connectivity index (χ3n) is 5.76. The van der Waals surface area contributed by atoms with Crippen molar-refractivity contribution in [1.29, 1.82) is 0 Å². The predicted octanol–water partition coefficient (Wildman–Crippen LogP) is 0.887. The SMILES string of the molecule is CCNC(=NCC(C)N1CCN(CC)CC1)NC1CC2CCC1O2. The van der Waals surface area contributed by atoms with Gasteiger partial charge in [0, 0.05) is 38.8 Å². The van der Waals surface area contributed by atoms with E-state index in [1.807, 2.05) is 0 Å². The van der Waals surface area contributed by atoms with Crippen molar-refractivity contribution in [3.05, 3.63) is 0 Å². The third-order valence-corrected chi connectivity index (χ3v) is 5.76. The molecule has 3 fully saturated rings. The van der Waals surface area contributed by atoms with Gasteiger partial charge in [-0.25, -0.2) is 0 Å². The second kappa shape index (κ2) is 8.50. The number of nitrogens with one attached hydrogen (secondary N) is 2. The van der Waals surface area contributed by atoms with Gasteiger partial charge in [-0.3, -0.25) is 9.89 Å². The second-order valence-electron chi connectivity index (χ2n) is 7.40. The Morgan fingerprint density at radius 2 is 2.00 bits per heavy atom. The van der Waals surface area contributed by atoms with Gasteiger partial charge in [0.05, 0.1) is 24.8 Å². The van der Waals surface area contributed by atoms with Crippen molar-refractivity contribution >= 4 is 5.96 Å². The average Bonchev–Trinajstić information content (AvgIpc) is 3.22. The Bertz CT molecular complexity index is 422. The highest BCUT2D eigenvalue weighted by Crippen LogP contribution is 2.34. The van der Waals surface area contributed by atoms with Crippen molar-refractivity contribution in [2.45, 2.75) is 64.3 Å². The quantitative estimate of drug-likeness (QED) is 0.557. The average molecular weight is 338 g/mol. The molecule has 0 aromatic carbocycles. The molecule has 0 radical (unpaired) electrons. The molecule has 3 rings (SSSR count). The molecular weight excluding hydrogens is 302 g/mol. The monoisotopic (exact) mass is 337 g/mol. The summed E-state index contributed by atoms with van der Waals surface area (Å²) in [6, 6.07) is 0.931. The first kappa shape index (κ1) is 18.0. The van der Waals surface area contributed by atoms with E-state index < -0.39 is 0 Å². The first-order valence-electron chi connectivity index (χ1n) is 9.86. The van der Waals surface area contributed by atoms with E-state index in [0.717, 1.165) is 38.6 Å². The van der Waals surface area contributed by atoms with Crippen LogP contribution in [-0.2, 0) is 4.74 Å². The van der Waals surface area contributed by atoms with Crippen molar-refractivity contribution in [2.75, 3.05) is 45.8 Å². The Hall–Kier alpha value is -0.850. The summed E-state index contributed by atoms with van der Waals surface area (Å²) in [5, 5.41) is 7.01. The minimum Gasteiger partial charge on any atom is -0.373 e. The molecule has 0 aromatic rings. The fraction of sp³-hybridized carbons (Fsp3) is 0.944. The number of rotatable bonds is 6. The van der Waals surface area contributed by atoms with Crippen LogP contribution in [-0.4, -0.2) is 85.9 Å². The van der Waals surface area contributed by atoms with Crippen LogP contribution in [0.25, 0.3) is 0 Å². The Morgan fingerprint density at radius 3 is 2.58 bits per heavy atom. The highest BCUT2D eigenvalue weighted by Gasteiger charge is 2.41. The molecule has 2 bridgehead atoms. The first-order valence-corrected chi connectivity index (χ1v) is 9.86. The van der Waals surface area contributed by atoms with Gasteiger partial charge in [0.2, 0.25) is 0 Å². The minimum absolute atomic E-state index is 0.387. The van der Waals surface area contributed by atoms with Gasteiger partial charge in [-0.15, -0.1) is 0 Å². The lowest BCUT2D eigenvalue weighted by atomic mass is 9.96. The van der Waals surface area contributed by atoms with E-state index in [4.69, 9.17) is 9.73 Å².